The first-order valence-corrected chi connectivity index (χ1v) is 7.61. The predicted octanol–water partition coefficient (Wildman–Crippen LogP) is 1.44. The fraction of sp³-hybridized carbons (Fsp3) is 0.400. The van der Waals surface area contributed by atoms with E-state index in [-0.39, 0.29) is 24.5 Å². The molecule has 2 rings (SSSR count). The summed E-state index contributed by atoms with van der Waals surface area (Å²) in [5.74, 6) is 5.57. The number of nitrogens with zero attached hydrogens (tertiary/aromatic N) is 2. The summed E-state index contributed by atoms with van der Waals surface area (Å²) < 4.78 is 5.42. The number of nitrogens with two attached hydrogens (primary N) is 1. The lowest BCUT2D eigenvalue weighted by Gasteiger charge is -2.21. The first kappa shape index (κ1) is 17.2. The molecular formula is C15H19ClN4O3. The molecule has 3 N–H and O–H groups in total. The first-order chi connectivity index (χ1) is 10.9. The molecule has 0 fully saturated rings. The van der Waals surface area contributed by atoms with Gasteiger partial charge in [0.2, 0.25) is 5.91 Å². The van der Waals surface area contributed by atoms with E-state index in [4.69, 9.17) is 22.2 Å². The number of carbonyl (C=O) groups is 2. The van der Waals surface area contributed by atoms with E-state index in [0.29, 0.717) is 23.6 Å². The maximum atomic E-state index is 11.8. The summed E-state index contributed by atoms with van der Waals surface area (Å²) in [5, 5.41) is 5.49. The number of amides is 2. The molecule has 1 aliphatic rings. The summed E-state index contributed by atoms with van der Waals surface area (Å²) in [6.07, 6.45) is 0.947. The predicted molar refractivity (Wildman–Crippen MR) is 87.0 cm³/mol. The molecule has 0 bridgehead atoms. The minimum atomic E-state index is -0.334. The molecule has 0 radical (unpaired) electrons. The van der Waals surface area contributed by atoms with Crippen LogP contribution in [0, 0.1) is 0 Å². The van der Waals surface area contributed by atoms with Crippen molar-refractivity contribution in [2.24, 2.45) is 10.9 Å². The van der Waals surface area contributed by atoms with E-state index in [0.717, 1.165) is 16.3 Å². The number of hydrazone groups is 1. The van der Waals surface area contributed by atoms with Gasteiger partial charge >= 0.3 is 0 Å². The van der Waals surface area contributed by atoms with Gasteiger partial charge < -0.3 is 4.74 Å². The Morgan fingerprint density at radius 2 is 2.22 bits per heavy atom. The topological polar surface area (TPSA) is 97.0 Å². The summed E-state index contributed by atoms with van der Waals surface area (Å²) in [6.45, 7) is 3.43. The number of ether oxygens (including phenoxy) is 1. The average Bonchev–Trinajstić information content (AvgIpc) is 2.53. The van der Waals surface area contributed by atoms with Crippen LogP contribution >= 0.6 is 11.6 Å². The molecule has 0 atom stereocenters. The van der Waals surface area contributed by atoms with Crippen molar-refractivity contribution in [3.05, 3.63) is 28.8 Å². The number of carbonyl (C=O) groups excluding carboxylic acids is 2. The number of rotatable bonds is 5. The molecule has 0 aromatic heterocycles. The van der Waals surface area contributed by atoms with Crippen LogP contribution in [0.2, 0.25) is 5.02 Å². The number of benzene rings is 1. The van der Waals surface area contributed by atoms with Crippen LogP contribution in [0.5, 0.6) is 5.75 Å². The third-order valence-corrected chi connectivity index (χ3v) is 3.66. The van der Waals surface area contributed by atoms with Gasteiger partial charge in [-0.3, -0.25) is 14.6 Å². The van der Waals surface area contributed by atoms with Gasteiger partial charge in [0.25, 0.3) is 5.91 Å². The van der Waals surface area contributed by atoms with Crippen LogP contribution in [0.1, 0.15) is 32.3 Å². The minimum Gasteiger partial charge on any atom is -0.482 e. The van der Waals surface area contributed by atoms with Gasteiger partial charge in [-0.2, -0.15) is 5.10 Å². The molecule has 7 nitrogen and oxygen atoms in total. The zero-order chi connectivity index (χ0) is 17.0. The van der Waals surface area contributed by atoms with Gasteiger partial charge in [0.15, 0.2) is 6.61 Å². The van der Waals surface area contributed by atoms with E-state index >= 15 is 0 Å². The van der Waals surface area contributed by atoms with Crippen LogP contribution in [0.25, 0.3) is 0 Å². The Bertz CT molecular complexity index is 646. The van der Waals surface area contributed by atoms with E-state index in [2.05, 4.69) is 10.5 Å². The molecule has 1 aliphatic heterocycles. The van der Waals surface area contributed by atoms with Gasteiger partial charge in [0, 0.05) is 18.9 Å². The van der Waals surface area contributed by atoms with Gasteiger partial charge in [0.05, 0.1) is 10.7 Å². The van der Waals surface area contributed by atoms with Crippen molar-refractivity contribution < 1.29 is 14.3 Å². The number of hydrogen-bond donors (Lipinski definition) is 2. The molecule has 0 saturated carbocycles. The van der Waals surface area contributed by atoms with E-state index in [1.807, 2.05) is 13.8 Å². The van der Waals surface area contributed by atoms with Gasteiger partial charge in [-0.1, -0.05) is 11.6 Å². The highest BCUT2D eigenvalue weighted by Crippen LogP contribution is 2.26. The maximum Gasteiger partial charge on any atom is 0.274 e. The number of halogens is 1. The normalized spacial score (nSPS) is 14.3. The Labute approximate surface area is 139 Å². The Balaban J connectivity index is 2.02. The molecule has 124 valence electrons. The maximum absolute atomic E-state index is 11.8. The van der Waals surface area contributed by atoms with E-state index < -0.39 is 0 Å². The Hall–Kier alpha value is -2.12. The minimum absolute atomic E-state index is 0.102. The van der Waals surface area contributed by atoms with Crippen LogP contribution < -0.4 is 16.0 Å². The van der Waals surface area contributed by atoms with Crippen molar-refractivity contribution in [2.45, 2.75) is 32.7 Å². The molecule has 1 aromatic rings. The summed E-state index contributed by atoms with van der Waals surface area (Å²) >= 11 is 6.18. The third-order valence-electron chi connectivity index (χ3n) is 3.37. The highest BCUT2D eigenvalue weighted by atomic mass is 35.5. The molecule has 0 saturated heterocycles. The quantitative estimate of drug-likeness (QED) is 0.482. The lowest BCUT2D eigenvalue weighted by molar-refractivity contribution is -0.135. The summed E-state index contributed by atoms with van der Waals surface area (Å²) in [7, 11) is 0. The highest BCUT2D eigenvalue weighted by Gasteiger charge is 2.16. The second-order valence-electron chi connectivity index (χ2n) is 5.42. The number of hydrazine groups is 1. The Kier molecular flexibility index (Phi) is 5.57. The molecular weight excluding hydrogens is 320 g/mol. The van der Waals surface area contributed by atoms with E-state index in [9.17, 15) is 9.59 Å². The zero-order valence-corrected chi connectivity index (χ0v) is 13.8. The Morgan fingerprint density at radius 1 is 1.48 bits per heavy atom. The van der Waals surface area contributed by atoms with Crippen molar-refractivity contribution >= 4 is 29.1 Å². The highest BCUT2D eigenvalue weighted by molar-refractivity contribution is 6.32. The van der Waals surface area contributed by atoms with Crippen molar-refractivity contribution in [2.75, 3.05) is 6.61 Å². The van der Waals surface area contributed by atoms with E-state index in [1.165, 1.54) is 0 Å². The van der Waals surface area contributed by atoms with Crippen LogP contribution in [-0.2, 0) is 9.59 Å². The molecule has 0 aliphatic carbocycles. The molecule has 1 heterocycles. The first-order valence-electron chi connectivity index (χ1n) is 7.23. The van der Waals surface area contributed by atoms with Gasteiger partial charge in [0.1, 0.15) is 5.75 Å². The molecule has 2 amide bonds. The summed E-state index contributed by atoms with van der Waals surface area (Å²) in [6, 6.07) is 5.04. The largest absolute Gasteiger partial charge is 0.482 e. The lowest BCUT2D eigenvalue weighted by Crippen LogP contribution is -2.45. The van der Waals surface area contributed by atoms with Crippen LogP contribution in [0.3, 0.4) is 0 Å². The monoisotopic (exact) mass is 338 g/mol. The van der Waals surface area contributed by atoms with E-state index in [1.54, 1.807) is 18.2 Å². The van der Waals surface area contributed by atoms with Crippen molar-refractivity contribution in [3.8, 4) is 5.75 Å². The van der Waals surface area contributed by atoms with Crippen molar-refractivity contribution in [1.29, 1.82) is 0 Å². The van der Waals surface area contributed by atoms with Gasteiger partial charge in [-0.15, -0.1) is 0 Å². The van der Waals surface area contributed by atoms with Crippen molar-refractivity contribution in [1.82, 2.24) is 10.4 Å². The van der Waals surface area contributed by atoms with Gasteiger partial charge in [-0.25, -0.2) is 11.3 Å². The summed E-state index contributed by atoms with van der Waals surface area (Å²) in [5.41, 5.74) is 3.99. The molecule has 0 spiro atoms. The van der Waals surface area contributed by atoms with Crippen LogP contribution in [-0.4, -0.2) is 35.2 Å². The SMILES string of the molecule is CC(C)N(N)C(=O)COc1ccc(C2=NNC(=O)CC2)cc1Cl. The van der Waals surface area contributed by atoms with Crippen molar-refractivity contribution in [3.63, 3.8) is 0 Å². The second-order valence-corrected chi connectivity index (χ2v) is 5.83. The number of nitrogens with one attached hydrogen (secondary N) is 1. The van der Waals surface area contributed by atoms with Gasteiger partial charge in [-0.05, 0) is 37.6 Å². The second kappa shape index (κ2) is 7.43. The molecule has 23 heavy (non-hydrogen) atoms. The fourth-order valence-electron chi connectivity index (χ4n) is 1.98. The molecule has 8 heteroatoms. The summed E-state index contributed by atoms with van der Waals surface area (Å²) in [4.78, 5) is 22.9. The third kappa shape index (κ3) is 4.43. The zero-order valence-electron chi connectivity index (χ0n) is 13.0. The average molecular weight is 339 g/mol. The standard InChI is InChI=1S/C15H19ClN4O3/c1-9(2)20(17)15(22)8-23-13-5-3-10(7-11(13)16)12-4-6-14(21)19-18-12/h3,5,7,9H,4,6,8,17H2,1-2H3,(H,19,21). The lowest BCUT2D eigenvalue weighted by atomic mass is 10.0. The Morgan fingerprint density at radius 3 is 2.78 bits per heavy atom. The smallest absolute Gasteiger partial charge is 0.274 e. The molecule has 0 unspecified atom stereocenters. The number of hydrogen-bond acceptors (Lipinski definition) is 5. The van der Waals surface area contributed by atoms with Crippen LogP contribution in [0.15, 0.2) is 23.3 Å². The fourth-order valence-corrected chi connectivity index (χ4v) is 2.22. The van der Waals surface area contributed by atoms with Crippen LogP contribution in [0.4, 0.5) is 0 Å². The molecule has 1 aromatic carbocycles.